The standard InChI is InChI=1S/C21H22ClNO5/c1-4-27-19-12-14(5-10-18(25)15-6-8-16(24)9-7-15)11-17(22)21(19)28-13-20(26)23(2)3/h5-12,24H,4,13H2,1-3H3/b10-5+. The minimum absolute atomic E-state index is 0.0944. The number of phenols is 1. The number of halogens is 1. The zero-order chi connectivity index (χ0) is 20.7. The van der Waals surface area contributed by atoms with Crippen LogP contribution >= 0.6 is 11.6 Å². The molecular weight excluding hydrogens is 382 g/mol. The molecule has 2 aromatic carbocycles. The van der Waals surface area contributed by atoms with E-state index in [4.69, 9.17) is 21.1 Å². The van der Waals surface area contributed by atoms with Crippen molar-refractivity contribution in [1.82, 2.24) is 4.90 Å². The SMILES string of the molecule is CCOc1cc(/C=C/C(=O)c2ccc(O)cc2)cc(Cl)c1OCC(=O)N(C)C. The van der Waals surface area contributed by atoms with Gasteiger partial charge >= 0.3 is 0 Å². The highest BCUT2D eigenvalue weighted by Crippen LogP contribution is 2.37. The molecule has 6 nitrogen and oxygen atoms in total. The number of ketones is 1. The first kappa shape index (κ1) is 21.3. The normalized spacial score (nSPS) is 10.7. The van der Waals surface area contributed by atoms with Gasteiger partial charge < -0.3 is 19.5 Å². The number of aromatic hydroxyl groups is 1. The summed E-state index contributed by atoms with van der Waals surface area (Å²) in [5, 5.41) is 9.57. The highest BCUT2D eigenvalue weighted by Gasteiger charge is 2.14. The van der Waals surface area contributed by atoms with E-state index in [9.17, 15) is 14.7 Å². The van der Waals surface area contributed by atoms with Gasteiger partial charge in [0.25, 0.3) is 5.91 Å². The number of allylic oxidation sites excluding steroid dienone is 1. The third-order valence-electron chi connectivity index (χ3n) is 3.75. The van der Waals surface area contributed by atoms with Crippen molar-refractivity contribution in [3.8, 4) is 17.2 Å². The molecule has 2 rings (SSSR count). The molecule has 0 heterocycles. The zero-order valence-electron chi connectivity index (χ0n) is 15.9. The van der Waals surface area contributed by atoms with Gasteiger partial charge in [-0.2, -0.15) is 0 Å². The molecular formula is C21H22ClNO5. The van der Waals surface area contributed by atoms with Crippen LogP contribution in [0.3, 0.4) is 0 Å². The van der Waals surface area contributed by atoms with Crippen LogP contribution in [0, 0.1) is 0 Å². The van der Waals surface area contributed by atoms with Gasteiger partial charge in [-0.25, -0.2) is 0 Å². The molecule has 28 heavy (non-hydrogen) atoms. The molecule has 0 bridgehead atoms. The van der Waals surface area contributed by atoms with E-state index in [-0.39, 0.29) is 34.8 Å². The Labute approximate surface area is 168 Å². The summed E-state index contributed by atoms with van der Waals surface area (Å²) in [4.78, 5) is 25.4. The van der Waals surface area contributed by atoms with Crippen molar-refractivity contribution in [1.29, 1.82) is 0 Å². The second-order valence-electron chi connectivity index (χ2n) is 6.08. The van der Waals surface area contributed by atoms with Crippen molar-refractivity contribution in [3.05, 3.63) is 58.6 Å². The lowest BCUT2D eigenvalue weighted by Gasteiger charge is -2.16. The van der Waals surface area contributed by atoms with Crippen LogP contribution < -0.4 is 9.47 Å². The number of benzene rings is 2. The Morgan fingerprint density at radius 2 is 1.82 bits per heavy atom. The topological polar surface area (TPSA) is 76.1 Å². The summed E-state index contributed by atoms with van der Waals surface area (Å²) in [6, 6.07) is 9.29. The van der Waals surface area contributed by atoms with Crippen LogP contribution in [0.5, 0.6) is 17.2 Å². The number of carbonyl (C=O) groups excluding carboxylic acids is 2. The maximum Gasteiger partial charge on any atom is 0.259 e. The van der Waals surface area contributed by atoms with Crippen LogP contribution in [0.15, 0.2) is 42.5 Å². The number of rotatable bonds is 8. The number of amides is 1. The van der Waals surface area contributed by atoms with Crippen molar-refractivity contribution in [2.45, 2.75) is 6.92 Å². The van der Waals surface area contributed by atoms with Crippen molar-refractivity contribution in [3.63, 3.8) is 0 Å². The minimum atomic E-state index is -0.217. The minimum Gasteiger partial charge on any atom is -0.508 e. The third kappa shape index (κ3) is 5.76. The van der Waals surface area contributed by atoms with E-state index in [0.717, 1.165) is 0 Å². The van der Waals surface area contributed by atoms with Crippen LogP contribution in [0.25, 0.3) is 6.08 Å². The molecule has 1 N–H and O–H groups in total. The van der Waals surface area contributed by atoms with Gasteiger partial charge in [-0.3, -0.25) is 9.59 Å². The lowest BCUT2D eigenvalue weighted by molar-refractivity contribution is -0.130. The number of hydrogen-bond donors (Lipinski definition) is 1. The summed E-state index contributed by atoms with van der Waals surface area (Å²) in [6.07, 6.45) is 3.02. The summed E-state index contributed by atoms with van der Waals surface area (Å²) in [5.74, 6) is 0.337. The van der Waals surface area contributed by atoms with Gasteiger partial charge in [-0.1, -0.05) is 17.7 Å². The maximum absolute atomic E-state index is 12.2. The number of hydrogen-bond acceptors (Lipinski definition) is 5. The predicted molar refractivity (Wildman–Crippen MR) is 108 cm³/mol. The van der Waals surface area contributed by atoms with E-state index >= 15 is 0 Å². The van der Waals surface area contributed by atoms with Crippen molar-refractivity contribution >= 4 is 29.4 Å². The van der Waals surface area contributed by atoms with Crippen LogP contribution in [0.4, 0.5) is 0 Å². The summed E-state index contributed by atoms with van der Waals surface area (Å²) in [6.45, 7) is 2.04. The molecule has 7 heteroatoms. The van der Waals surface area contributed by atoms with E-state index in [0.29, 0.717) is 23.5 Å². The molecule has 0 aliphatic heterocycles. The molecule has 0 spiro atoms. The van der Waals surface area contributed by atoms with E-state index in [1.807, 2.05) is 6.92 Å². The fourth-order valence-corrected chi connectivity index (χ4v) is 2.52. The molecule has 0 radical (unpaired) electrons. The molecule has 0 saturated carbocycles. The van der Waals surface area contributed by atoms with E-state index in [1.165, 1.54) is 23.1 Å². The predicted octanol–water partition coefficient (Wildman–Crippen LogP) is 3.81. The number of ether oxygens (including phenoxy) is 2. The average Bonchev–Trinajstić information content (AvgIpc) is 2.66. The van der Waals surface area contributed by atoms with E-state index in [1.54, 1.807) is 44.4 Å². The molecule has 0 aromatic heterocycles. The Hall–Kier alpha value is -2.99. The molecule has 1 amide bonds. The van der Waals surface area contributed by atoms with Crippen LogP contribution in [-0.4, -0.2) is 49.0 Å². The van der Waals surface area contributed by atoms with Crippen molar-refractivity contribution in [2.75, 3.05) is 27.3 Å². The number of nitrogens with zero attached hydrogens (tertiary/aromatic N) is 1. The first-order valence-corrected chi connectivity index (χ1v) is 9.00. The van der Waals surface area contributed by atoms with E-state index in [2.05, 4.69) is 0 Å². The fraction of sp³-hybridized carbons (Fsp3) is 0.238. The summed E-state index contributed by atoms with van der Waals surface area (Å²) in [5.41, 5.74) is 1.10. The van der Waals surface area contributed by atoms with E-state index < -0.39 is 0 Å². The first-order valence-electron chi connectivity index (χ1n) is 8.62. The highest BCUT2D eigenvalue weighted by atomic mass is 35.5. The average molecular weight is 404 g/mol. The molecule has 0 unspecified atom stereocenters. The molecule has 0 atom stereocenters. The molecule has 0 saturated heterocycles. The Balaban J connectivity index is 2.22. The number of phenolic OH excluding ortho intramolecular Hbond substituents is 1. The molecule has 148 valence electrons. The van der Waals surface area contributed by atoms with Crippen LogP contribution in [0.2, 0.25) is 5.02 Å². The largest absolute Gasteiger partial charge is 0.508 e. The monoisotopic (exact) mass is 403 g/mol. The van der Waals surface area contributed by atoms with Gasteiger partial charge in [0.2, 0.25) is 0 Å². The molecule has 0 aliphatic rings. The van der Waals surface area contributed by atoms with Gasteiger partial charge in [0, 0.05) is 19.7 Å². The van der Waals surface area contributed by atoms with Crippen molar-refractivity contribution < 1.29 is 24.2 Å². The number of likely N-dealkylation sites (N-methyl/N-ethyl adjacent to an activating group) is 1. The van der Waals surface area contributed by atoms with Crippen LogP contribution in [0.1, 0.15) is 22.8 Å². The lowest BCUT2D eigenvalue weighted by atomic mass is 10.1. The summed E-state index contributed by atoms with van der Waals surface area (Å²) < 4.78 is 11.1. The lowest BCUT2D eigenvalue weighted by Crippen LogP contribution is -2.27. The summed E-state index contributed by atoms with van der Waals surface area (Å²) in [7, 11) is 3.27. The first-order chi connectivity index (χ1) is 13.3. The molecule has 0 fully saturated rings. The summed E-state index contributed by atoms with van der Waals surface area (Å²) >= 11 is 6.31. The number of carbonyl (C=O) groups is 2. The fourth-order valence-electron chi connectivity index (χ4n) is 2.24. The van der Waals surface area contributed by atoms with Gasteiger partial charge in [-0.05, 0) is 55.0 Å². The third-order valence-corrected chi connectivity index (χ3v) is 4.03. The quantitative estimate of drug-likeness (QED) is 0.535. The Kier molecular flexibility index (Phi) is 7.46. The smallest absolute Gasteiger partial charge is 0.259 e. The van der Waals surface area contributed by atoms with Gasteiger partial charge in [0.05, 0.1) is 11.6 Å². The van der Waals surface area contributed by atoms with Gasteiger partial charge in [-0.15, -0.1) is 0 Å². The molecule has 2 aromatic rings. The zero-order valence-corrected chi connectivity index (χ0v) is 16.7. The Morgan fingerprint density at radius 3 is 2.43 bits per heavy atom. The second kappa shape index (κ2) is 9.80. The Morgan fingerprint density at radius 1 is 1.14 bits per heavy atom. The van der Waals surface area contributed by atoms with Crippen LogP contribution in [-0.2, 0) is 4.79 Å². The Bertz CT molecular complexity index is 875. The second-order valence-corrected chi connectivity index (χ2v) is 6.49. The highest BCUT2D eigenvalue weighted by molar-refractivity contribution is 6.32. The van der Waals surface area contributed by atoms with Gasteiger partial charge in [0.1, 0.15) is 5.75 Å². The van der Waals surface area contributed by atoms with Crippen molar-refractivity contribution in [2.24, 2.45) is 0 Å². The maximum atomic E-state index is 12.2. The van der Waals surface area contributed by atoms with Gasteiger partial charge in [0.15, 0.2) is 23.9 Å². The molecule has 0 aliphatic carbocycles.